The molecule has 1 saturated carbocycles. The molecule has 2 aromatic rings. The highest BCUT2D eigenvalue weighted by Crippen LogP contribution is 2.53. The minimum Gasteiger partial charge on any atom is -0.506 e. The molecule has 1 aliphatic rings. The summed E-state index contributed by atoms with van der Waals surface area (Å²) in [5.41, 5.74) is -1.38. The van der Waals surface area contributed by atoms with E-state index in [1.807, 2.05) is 0 Å². The Kier molecular flexibility index (Phi) is 3.83. The first-order valence-corrected chi connectivity index (χ1v) is 7.64. The second-order valence-electron chi connectivity index (χ2n) is 6.86. The molecule has 1 aromatic heterocycles. The minimum absolute atomic E-state index is 0.00962. The molecule has 6 heteroatoms. The summed E-state index contributed by atoms with van der Waals surface area (Å²) in [6, 6.07) is 8.28. The van der Waals surface area contributed by atoms with Crippen molar-refractivity contribution in [1.82, 2.24) is 4.98 Å². The van der Waals surface area contributed by atoms with Gasteiger partial charge < -0.3 is 10.2 Å². The molecular formula is C18H18F3NO2. The molecule has 0 unspecified atom stereocenters. The predicted octanol–water partition coefficient (Wildman–Crippen LogP) is 3.83. The molecule has 1 aliphatic carbocycles. The van der Waals surface area contributed by atoms with E-state index in [-0.39, 0.29) is 12.2 Å². The Morgan fingerprint density at radius 3 is 2.46 bits per heavy atom. The summed E-state index contributed by atoms with van der Waals surface area (Å²) >= 11 is 0. The van der Waals surface area contributed by atoms with E-state index in [1.54, 1.807) is 19.1 Å². The quantitative estimate of drug-likeness (QED) is 0.895. The molecular weight excluding hydrogens is 319 g/mol. The summed E-state index contributed by atoms with van der Waals surface area (Å²) in [5.74, 6) is 0.00962. The van der Waals surface area contributed by atoms with Crippen LogP contribution >= 0.6 is 0 Å². The van der Waals surface area contributed by atoms with Gasteiger partial charge in [0, 0.05) is 18.0 Å². The van der Waals surface area contributed by atoms with Crippen LogP contribution in [0.4, 0.5) is 13.2 Å². The number of alkyl halides is 3. The summed E-state index contributed by atoms with van der Waals surface area (Å²) in [6.45, 7) is 1.66. The Labute approximate surface area is 137 Å². The zero-order valence-electron chi connectivity index (χ0n) is 13.1. The van der Waals surface area contributed by atoms with Crippen molar-refractivity contribution in [2.24, 2.45) is 0 Å². The molecule has 1 aromatic carbocycles. The molecule has 0 saturated heterocycles. The number of nitrogens with zero attached hydrogens (tertiary/aromatic N) is 1. The lowest BCUT2D eigenvalue weighted by atomic mass is 9.54. The number of aromatic hydroxyl groups is 1. The molecule has 0 amide bonds. The minimum atomic E-state index is -4.42. The molecule has 0 spiro atoms. The van der Waals surface area contributed by atoms with Crippen molar-refractivity contribution < 1.29 is 23.4 Å². The molecule has 0 radical (unpaired) electrons. The van der Waals surface area contributed by atoms with Gasteiger partial charge in [0.2, 0.25) is 0 Å². The van der Waals surface area contributed by atoms with Gasteiger partial charge in [0.05, 0.1) is 16.9 Å². The van der Waals surface area contributed by atoms with Crippen LogP contribution < -0.4 is 0 Å². The lowest BCUT2D eigenvalue weighted by molar-refractivity contribution is -0.137. The van der Waals surface area contributed by atoms with Crippen LogP contribution in [0.25, 0.3) is 0 Å². The lowest BCUT2D eigenvalue weighted by Gasteiger charge is -2.52. The lowest BCUT2D eigenvalue weighted by Crippen LogP contribution is -2.54. The second-order valence-corrected chi connectivity index (χ2v) is 6.86. The van der Waals surface area contributed by atoms with Crippen molar-refractivity contribution in [3.63, 3.8) is 0 Å². The van der Waals surface area contributed by atoms with E-state index in [0.717, 1.165) is 12.1 Å². The fourth-order valence-corrected chi connectivity index (χ4v) is 3.75. The van der Waals surface area contributed by atoms with Gasteiger partial charge in [-0.25, -0.2) is 0 Å². The Morgan fingerprint density at radius 1 is 1.17 bits per heavy atom. The van der Waals surface area contributed by atoms with E-state index in [0.29, 0.717) is 24.1 Å². The molecule has 1 heterocycles. The first kappa shape index (κ1) is 16.8. The first-order chi connectivity index (χ1) is 11.1. The highest BCUT2D eigenvalue weighted by atomic mass is 19.4. The second kappa shape index (κ2) is 5.48. The number of hydrogen-bond acceptors (Lipinski definition) is 3. The number of aromatic nitrogens is 1. The van der Waals surface area contributed by atoms with Gasteiger partial charge in [-0.3, -0.25) is 4.98 Å². The van der Waals surface area contributed by atoms with Crippen LogP contribution in [0.15, 0.2) is 42.6 Å². The van der Waals surface area contributed by atoms with E-state index in [1.165, 1.54) is 18.3 Å². The highest BCUT2D eigenvalue weighted by molar-refractivity contribution is 5.39. The number of rotatable bonds is 3. The Morgan fingerprint density at radius 2 is 1.88 bits per heavy atom. The van der Waals surface area contributed by atoms with Gasteiger partial charge in [0.1, 0.15) is 5.75 Å². The summed E-state index contributed by atoms with van der Waals surface area (Å²) < 4.78 is 39.1. The predicted molar refractivity (Wildman–Crippen MR) is 82.6 cm³/mol. The van der Waals surface area contributed by atoms with Crippen LogP contribution in [0.2, 0.25) is 0 Å². The van der Waals surface area contributed by atoms with Crippen LogP contribution in [-0.4, -0.2) is 20.8 Å². The summed E-state index contributed by atoms with van der Waals surface area (Å²) in [5, 5.41) is 20.1. The summed E-state index contributed by atoms with van der Waals surface area (Å²) in [7, 11) is 0. The maximum atomic E-state index is 13.0. The van der Waals surface area contributed by atoms with Gasteiger partial charge in [0.15, 0.2) is 0 Å². The number of pyridine rings is 1. The van der Waals surface area contributed by atoms with Crippen molar-refractivity contribution in [3.05, 3.63) is 59.4 Å². The van der Waals surface area contributed by atoms with E-state index in [9.17, 15) is 23.4 Å². The largest absolute Gasteiger partial charge is 0.506 e. The SMILES string of the molecule is CC1(O)CC(Cc2ncccc2O)(c2cccc(C(F)(F)F)c2)C1. The highest BCUT2D eigenvalue weighted by Gasteiger charge is 2.52. The third kappa shape index (κ3) is 3.11. The van der Waals surface area contributed by atoms with Crippen LogP contribution in [-0.2, 0) is 18.0 Å². The van der Waals surface area contributed by atoms with Crippen molar-refractivity contribution in [1.29, 1.82) is 0 Å². The van der Waals surface area contributed by atoms with E-state index in [4.69, 9.17) is 0 Å². The average molecular weight is 337 g/mol. The van der Waals surface area contributed by atoms with E-state index >= 15 is 0 Å². The van der Waals surface area contributed by atoms with Gasteiger partial charge in [0.25, 0.3) is 0 Å². The van der Waals surface area contributed by atoms with Crippen LogP contribution in [0.5, 0.6) is 5.75 Å². The summed E-state index contributed by atoms with van der Waals surface area (Å²) in [6.07, 6.45) is -1.98. The maximum absolute atomic E-state index is 13.0. The average Bonchev–Trinajstić information content (AvgIpc) is 2.47. The van der Waals surface area contributed by atoms with Gasteiger partial charge in [-0.2, -0.15) is 13.2 Å². The number of hydrogen-bond donors (Lipinski definition) is 2. The molecule has 128 valence electrons. The number of halogens is 3. The van der Waals surface area contributed by atoms with Crippen LogP contribution in [0, 0.1) is 0 Å². The van der Waals surface area contributed by atoms with Crippen molar-refractivity contribution in [2.75, 3.05) is 0 Å². The van der Waals surface area contributed by atoms with E-state index in [2.05, 4.69) is 4.98 Å². The standard InChI is InChI=1S/C18H18F3NO2/c1-16(24)10-17(11-16,9-14-15(23)6-3-7-22-14)12-4-2-5-13(8-12)18(19,20)21/h2-8,23-24H,9-11H2,1H3. The molecule has 2 N–H and O–H groups in total. The maximum Gasteiger partial charge on any atom is 0.416 e. The molecule has 3 rings (SSSR count). The third-order valence-electron chi connectivity index (χ3n) is 4.61. The third-order valence-corrected chi connectivity index (χ3v) is 4.61. The molecule has 1 fully saturated rings. The molecule has 24 heavy (non-hydrogen) atoms. The molecule has 0 aliphatic heterocycles. The topological polar surface area (TPSA) is 53.4 Å². The summed E-state index contributed by atoms with van der Waals surface area (Å²) in [4.78, 5) is 4.14. The van der Waals surface area contributed by atoms with E-state index < -0.39 is 22.8 Å². The normalized spacial score (nSPS) is 26.9. The Hall–Kier alpha value is -2.08. The Bertz CT molecular complexity index is 748. The first-order valence-electron chi connectivity index (χ1n) is 7.64. The fraction of sp³-hybridized carbons (Fsp3) is 0.389. The van der Waals surface area contributed by atoms with Gasteiger partial charge in [-0.05, 0) is 43.5 Å². The van der Waals surface area contributed by atoms with Gasteiger partial charge >= 0.3 is 6.18 Å². The Balaban J connectivity index is 2.00. The van der Waals surface area contributed by atoms with Crippen molar-refractivity contribution in [2.45, 2.75) is 43.4 Å². The fourth-order valence-electron chi connectivity index (χ4n) is 3.75. The van der Waals surface area contributed by atoms with Crippen LogP contribution in [0.1, 0.15) is 36.6 Å². The molecule has 0 atom stereocenters. The van der Waals surface area contributed by atoms with Crippen LogP contribution in [0.3, 0.4) is 0 Å². The van der Waals surface area contributed by atoms with Crippen molar-refractivity contribution in [3.8, 4) is 5.75 Å². The van der Waals surface area contributed by atoms with Gasteiger partial charge in [-0.15, -0.1) is 0 Å². The number of benzene rings is 1. The molecule has 3 nitrogen and oxygen atoms in total. The molecule has 0 bridgehead atoms. The van der Waals surface area contributed by atoms with Gasteiger partial charge in [-0.1, -0.05) is 18.2 Å². The monoisotopic (exact) mass is 337 g/mol. The smallest absolute Gasteiger partial charge is 0.416 e. The number of aliphatic hydroxyl groups is 1. The zero-order chi connectivity index (χ0) is 17.6. The zero-order valence-corrected chi connectivity index (χ0v) is 13.1. The van der Waals surface area contributed by atoms with Crippen molar-refractivity contribution >= 4 is 0 Å².